The van der Waals surface area contributed by atoms with Crippen LogP contribution in [0.2, 0.25) is 0 Å². The van der Waals surface area contributed by atoms with Gasteiger partial charge in [-0.25, -0.2) is 4.98 Å². The van der Waals surface area contributed by atoms with E-state index >= 15 is 0 Å². The summed E-state index contributed by atoms with van der Waals surface area (Å²) in [5.74, 6) is 1.16. The zero-order valence-electron chi connectivity index (χ0n) is 7.32. The molecule has 0 saturated heterocycles. The van der Waals surface area contributed by atoms with Crippen LogP contribution < -0.4 is 0 Å². The predicted molar refractivity (Wildman–Crippen MR) is 55.3 cm³/mol. The van der Waals surface area contributed by atoms with Gasteiger partial charge in [0.15, 0.2) is 0 Å². The van der Waals surface area contributed by atoms with Gasteiger partial charge >= 0.3 is 5.97 Å². The lowest BCUT2D eigenvalue weighted by Crippen LogP contribution is -1.97. The molecule has 3 nitrogen and oxygen atoms in total. The van der Waals surface area contributed by atoms with Crippen molar-refractivity contribution in [2.75, 3.05) is 5.75 Å². The number of hydrogen-bond donors (Lipinski definition) is 1. The van der Waals surface area contributed by atoms with Gasteiger partial charge in [-0.3, -0.25) is 4.79 Å². The van der Waals surface area contributed by atoms with Gasteiger partial charge in [0, 0.05) is 16.8 Å². The Morgan fingerprint density at radius 3 is 3.15 bits per heavy atom. The van der Waals surface area contributed by atoms with Crippen LogP contribution in [0.15, 0.2) is 6.20 Å². The van der Waals surface area contributed by atoms with E-state index in [2.05, 4.69) is 11.9 Å². The van der Waals surface area contributed by atoms with Gasteiger partial charge in [-0.15, -0.1) is 11.3 Å². The third-order valence-corrected chi connectivity index (χ3v) is 3.42. The summed E-state index contributed by atoms with van der Waals surface area (Å²) in [6.07, 6.45) is 1.75. The first kappa shape index (κ1) is 10.5. The Hall–Kier alpha value is -0.550. The average Bonchev–Trinajstić information content (AvgIpc) is 2.48. The summed E-state index contributed by atoms with van der Waals surface area (Å²) in [6, 6.07) is 0. The molecule has 13 heavy (non-hydrogen) atoms. The molecule has 0 saturated carbocycles. The smallest absolute Gasteiger partial charge is 0.308 e. The Labute approximate surface area is 85.2 Å². The number of rotatable bonds is 5. The third-order valence-electron chi connectivity index (χ3n) is 1.36. The highest BCUT2D eigenvalue weighted by molar-refractivity contribution is 7.98. The van der Waals surface area contributed by atoms with Gasteiger partial charge < -0.3 is 5.11 Å². The molecule has 5 heteroatoms. The normalized spacial score (nSPS) is 10.2. The Kier molecular flexibility index (Phi) is 4.24. The number of nitrogens with zero attached hydrogens (tertiary/aromatic N) is 1. The number of carboxylic acid groups (broad SMARTS) is 1. The zero-order chi connectivity index (χ0) is 9.68. The van der Waals surface area contributed by atoms with E-state index < -0.39 is 5.97 Å². The van der Waals surface area contributed by atoms with E-state index in [1.165, 1.54) is 11.3 Å². The Morgan fingerprint density at radius 2 is 2.54 bits per heavy atom. The van der Waals surface area contributed by atoms with Crippen molar-refractivity contribution >= 4 is 29.1 Å². The van der Waals surface area contributed by atoms with E-state index in [9.17, 15) is 4.79 Å². The first-order valence-corrected chi connectivity index (χ1v) is 5.92. The van der Waals surface area contributed by atoms with Crippen LogP contribution in [-0.2, 0) is 17.0 Å². The second-order valence-corrected chi connectivity index (χ2v) is 4.90. The molecule has 1 heterocycles. The van der Waals surface area contributed by atoms with E-state index in [1.807, 2.05) is 0 Å². The quantitative estimate of drug-likeness (QED) is 0.819. The van der Waals surface area contributed by atoms with Gasteiger partial charge in [0.1, 0.15) is 5.01 Å². The Morgan fingerprint density at radius 1 is 1.77 bits per heavy atom. The monoisotopic (exact) mass is 217 g/mol. The lowest BCUT2D eigenvalue weighted by atomic mass is 10.4. The van der Waals surface area contributed by atoms with Crippen LogP contribution in [0.25, 0.3) is 0 Å². The molecule has 1 aromatic rings. The van der Waals surface area contributed by atoms with Gasteiger partial charge in [0.25, 0.3) is 0 Å². The molecule has 72 valence electrons. The fourth-order valence-corrected chi connectivity index (χ4v) is 2.48. The largest absolute Gasteiger partial charge is 0.481 e. The molecule has 0 aliphatic carbocycles. The summed E-state index contributed by atoms with van der Waals surface area (Å²) >= 11 is 3.28. The molecule has 0 spiro atoms. The minimum atomic E-state index is -0.793. The summed E-state index contributed by atoms with van der Waals surface area (Å²) < 4.78 is 0. The molecular formula is C8H11NO2S2. The second-order valence-electron chi connectivity index (χ2n) is 2.43. The first-order valence-electron chi connectivity index (χ1n) is 3.95. The maximum absolute atomic E-state index is 10.4. The number of hydrogen-bond acceptors (Lipinski definition) is 4. The van der Waals surface area contributed by atoms with Crippen LogP contribution in [-0.4, -0.2) is 21.8 Å². The van der Waals surface area contributed by atoms with Gasteiger partial charge in [-0.2, -0.15) is 11.8 Å². The van der Waals surface area contributed by atoms with Crippen LogP contribution in [0.1, 0.15) is 16.8 Å². The van der Waals surface area contributed by atoms with E-state index in [-0.39, 0.29) is 6.42 Å². The highest BCUT2D eigenvalue weighted by atomic mass is 32.2. The van der Waals surface area contributed by atoms with Crippen molar-refractivity contribution in [1.29, 1.82) is 0 Å². The topological polar surface area (TPSA) is 50.2 Å². The van der Waals surface area contributed by atoms with Crippen molar-refractivity contribution in [2.24, 2.45) is 0 Å². The van der Waals surface area contributed by atoms with E-state index in [4.69, 9.17) is 5.11 Å². The number of carboxylic acids is 1. The number of aliphatic carboxylic acids is 1. The highest BCUT2D eigenvalue weighted by Crippen LogP contribution is 2.18. The molecule has 0 aliphatic heterocycles. The van der Waals surface area contributed by atoms with Gasteiger partial charge in [-0.05, 0) is 5.75 Å². The maximum atomic E-state index is 10.4. The van der Waals surface area contributed by atoms with Crippen LogP contribution >= 0.6 is 23.1 Å². The van der Waals surface area contributed by atoms with E-state index in [0.29, 0.717) is 0 Å². The van der Waals surface area contributed by atoms with E-state index in [1.54, 1.807) is 18.0 Å². The summed E-state index contributed by atoms with van der Waals surface area (Å²) in [5.41, 5.74) is 0. The maximum Gasteiger partial charge on any atom is 0.308 e. The van der Waals surface area contributed by atoms with Crippen molar-refractivity contribution in [3.05, 3.63) is 16.1 Å². The number of aromatic nitrogens is 1. The molecule has 1 aromatic heterocycles. The number of thioether (sulfide) groups is 1. The predicted octanol–water partition coefficient (Wildman–Crippen LogP) is 2.02. The zero-order valence-corrected chi connectivity index (χ0v) is 8.95. The molecule has 0 atom stereocenters. The molecule has 1 N–H and O–H groups in total. The molecule has 1 rings (SSSR count). The summed E-state index contributed by atoms with van der Waals surface area (Å²) in [7, 11) is 0. The lowest BCUT2D eigenvalue weighted by Gasteiger charge is -1.91. The van der Waals surface area contributed by atoms with Gasteiger partial charge in [-0.1, -0.05) is 6.92 Å². The summed E-state index contributed by atoms with van der Waals surface area (Å²) in [4.78, 5) is 15.3. The van der Waals surface area contributed by atoms with Gasteiger partial charge in [0.2, 0.25) is 0 Å². The second kappa shape index (κ2) is 5.24. The highest BCUT2D eigenvalue weighted by Gasteiger charge is 2.05. The summed E-state index contributed by atoms with van der Waals surface area (Å²) in [6.45, 7) is 2.09. The third kappa shape index (κ3) is 3.78. The molecule has 0 amide bonds. The van der Waals surface area contributed by atoms with Crippen molar-refractivity contribution < 1.29 is 9.90 Å². The van der Waals surface area contributed by atoms with Crippen molar-refractivity contribution in [1.82, 2.24) is 4.98 Å². The molecule has 0 fully saturated rings. The van der Waals surface area contributed by atoms with Crippen LogP contribution in [0, 0.1) is 0 Å². The van der Waals surface area contributed by atoms with Gasteiger partial charge in [0.05, 0.1) is 6.42 Å². The van der Waals surface area contributed by atoms with Crippen molar-refractivity contribution in [3.63, 3.8) is 0 Å². The van der Waals surface area contributed by atoms with E-state index in [0.717, 1.165) is 21.4 Å². The SMILES string of the molecule is CCSCc1ncc(CC(=O)O)s1. The fraction of sp³-hybridized carbons (Fsp3) is 0.500. The molecule has 0 unspecified atom stereocenters. The molecule has 0 aliphatic rings. The molecular weight excluding hydrogens is 206 g/mol. The molecule has 0 bridgehead atoms. The van der Waals surface area contributed by atoms with Crippen LogP contribution in [0.5, 0.6) is 0 Å². The number of thiazole rings is 1. The lowest BCUT2D eigenvalue weighted by molar-refractivity contribution is -0.136. The molecule has 0 radical (unpaired) electrons. The molecule has 0 aromatic carbocycles. The standard InChI is InChI=1S/C8H11NO2S2/c1-2-12-5-7-9-4-6(13-7)3-8(10)11/h4H,2-3,5H2,1H3,(H,10,11). The average molecular weight is 217 g/mol. The minimum absolute atomic E-state index is 0.0917. The Bertz CT molecular complexity index is 285. The van der Waals surface area contributed by atoms with Crippen LogP contribution in [0.3, 0.4) is 0 Å². The van der Waals surface area contributed by atoms with Crippen molar-refractivity contribution in [2.45, 2.75) is 19.1 Å². The first-order chi connectivity index (χ1) is 6.22. The number of carbonyl (C=O) groups is 1. The fourth-order valence-electron chi connectivity index (χ4n) is 0.835. The van der Waals surface area contributed by atoms with Crippen molar-refractivity contribution in [3.8, 4) is 0 Å². The Balaban J connectivity index is 2.48. The van der Waals surface area contributed by atoms with Crippen LogP contribution in [0.4, 0.5) is 0 Å². The summed E-state index contributed by atoms with van der Waals surface area (Å²) in [5, 5.41) is 9.54. The minimum Gasteiger partial charge on any atom is -0.481 e.